The first-order valence-electron chi connectivity index (χ1n) is 15.7. The van der Waals surface area contributed by atoms with Crippen molar-refractivity contribution < 1.29 is 9.53 Å². The number of carbonyl (C=O) groups excluding carboxylic acids is 1. The molecule has 0 N–H and O–H groups in total. The van der Waals surface area contributed by atoms with Gasteiger partial charge in [0.1, 0.15) is 5.75 Å². The van der Waals surface area contributed by atoms with Gasteiger partial charge in [-0.1, -0.05) is 108 Å². The molecule has 3 rings (SSSR count). The van der Waals surface area contributed by atoms with Crippen molar-refractivity contribution in [3.8, 4) is 5.75 Å². The molecule has 1 amide bonds. The van der Waals surface area contributed by atoms with E-state index in [0.717, 1.165) is 43.3 Å². The number of benzene rings is 2. The number of unbranched alkanes of at least 4 members (excludes halogenated alkanes) is 11. The van der Waals surface area contributed by atoms with E-state index in [2.05, 4.69) is 67.4 Å². The number of rotatable bonds is 20. The van der Waals surface area contributed by atoms with Crippen LogP contribution in [0.2, 0.25) is 0 Å². The smallest absolute Gasteiger partial charge is 0.223 e. The summed E-state index contributed by atoms with van der Waals surface area (Å²) in [5.41, 5.74) is 3.42. The van der Waals surface area contributed by atoms with E-state index in [4.69, 9.17) is 4.74 Å². The molecule has 0 fully saturated rings. The molecule has 0 bridgehead atoms. The summed E-state index contributed by atoms with van der Waals surface area (Å²) in [7, 11) is 0. The fourth-order valence-corrected chi connectivity index (χ4v) is 6.07. The molecule has 2 aromatic carbocycles. The molecule has 1 heterocycles. The van der Waals surface area contributed by atoms with Crippen molar-refractivity contribution in [2.75, 3.05) is 23.9 Å². The summed E-state index contributed by atoms with van der Waals surface area (Å²) >= 11 is 1.86. The first kappa shape index (κ1) is 32.1. The van der Waals surface area contributed by atoms with Crippen molar-refractivity contribution in [3.63, 3.8) is 0 Å². The SMILES string of the molecule is CCCCCCCCCCCCCCOc1ccc(CCN(C(C)=O)c2ccccc2CN2C=C(C)SC2)cc1. The molecule has 40 heavy (non-hydrogen) atoms. The Hall–Kier alpha value is -2.40. The molecule has 0 unspecified atom stereocenters. The number of para-hydroxylation sites is 1. The minimum atomic E-state index is 0.0809. The van der Waals surface area contributed by atoms with Crippen LogP contribution in [0.4, 0.5) is 5.69 Å². The lowest BCUT2D eigenvalue weighted by atomic mass is 10.1. The largest absolute Gasteiger partial charge is 0.494 e. The maximum Gasteiger partial charge on any atom is 0.223 e. The third-order valence-corrected chi connectivity index (χ3v) is 8.69. The summed E-state index contributed by atoms with van der Waals surface area (Å²) in [4.78, 5) is 18.2. The van der Waals surface area contributed by atoms with Crippen molar-refractivity contribution in [2.45, 2.75) is 111 Å². The number of carbonyl (C=O) groups is 1. The Morgan fingerprint density at radius 1 is 0.875 bits per heavy atom. The van der Waals surface area contributed by atoms with Gasteiger partial charge in [-0.25, -0.2) is 0 Å². The number of ether oxygens (including phenoxy) is 1. The summed E-state index contributed by atoms with van der Waals surface area (Å²) in [6.07, 6.45) is 19.3. The standard InChI is InChI=1S/C35H52N2O2S/c1-4-5-6-7-8-9-10-11-12-13-14-17-26-39-34-22-20-32(21-23-34)24-25-37(31(3)38)35-19-16-15-18-33(35)28-36-27-30(2)40-29-36/h15-16,18-23,27H,4-14,17,24-26,28-29H2,1-3H3. The normalized spacial score (nSPS) is 13.0. The molecule has 0 aliphatic carbocycles. The lowest BCUT2D eigenvalue weighted by Gasteiger charge is -2.26. The number of nitrogens with zero attached hydrogens (tertiary/aromatic N) is 2. The monoisotopic (exact) mass is 564 g/mol. The third kappa shape index (κ3) is 12.0. The van der Waals surface area contributed by atoms with Crippen LogP contribution >= 0.6 is 11.8 Å². The van der Waals surface area contributed by atoms with Crippen molar-refractivity contribution >= 4 is 23.4 Å². The highest BCUT2D eigenvalue weighted by atomic mass is 32.2. The van der Waals surface area contributed by atoms with E-state index in [1.165, 1.54) is 86.7 Å². The van der Waals surface area contributed by atoms with Crippen LogP contribution in [-0.2, 0) is 17.8 Å². The Labute approximate surface area is 248 Å². The van der Waals surface area contributed by atoms with Crippen molar-refractivity contribution in [2.24, 2.45) is 0 Å². The second-order valence-corrected chi connectivity index (χ2v) is 12.4. The number of hydrogen-bond acceptors (Lipinski definition) is 4. The second kappa shape index (κ2) is 18.9. The molecule has 4 nitrogen and oxygen atoms in total. The van der Waals surface area contributed by atoms with Gasteiger partial charge < -0.3 is 14.5 Å². The Balaban J connectivity index is 1.33. The highest BCUT2D eigenvalue weighted by molar-refractivity contribution is 8.03. The first-order chi connectivity index (χ1) is 19.6. The van der Waals surface area contributed by atoms with E-state index in [-0.39, 0.29) is 5.91 Å². The highest BCUT2D eigenvalue weighted by Crippen LogP contribution is 2.29. The Kier molecular flexibility index (Phi) is 15.1. The van der Waals surface area contributed by atoms with Crippen LogP contribution in [0.3, 0.4) is 0 Å². The van der Waals surface area contributed by atoms with E-state index in [0.29, 0.717) is 6.54 Å². The molecule has 1 aliphatic rings. The van der Waals surface area contributed by atoms with Gasteiger partial charge in [-0.05, 0) is 54.0 Å². The highest BCUT2D eigenvalue weighted by Gasteiger charge is 2.18. The topological polar surface area (TPSA) is 32.8 Å². The van der Waals surface area contributed by atoms with E-state index < -0.39 is 0 Å². The summed E-state index contributed by atoms with van der Waals surface area (Å²) in [5.74, 6) is 1.98. The van der Waals surface area contributed by atoms with Crippen molar-refractivity contribution in [3.05, 3.63) is 70.8 Å². The van der Waals surface area contributed by atoms with Gasteiger partial charge in [0.05, 0.1) is 12.5 Å². The number of hydrogen-bond donors (Lipinski definition) is 0. The van der Waals surface area contributed by atoms with Crippen LogP contribution in [0.15, 0.2) is 59.6 Å². The van der Waals surface area contributed by atoms with Crippen molar-refractivity contribution in [1.82, 2.24) is 4.90 Å². The van der Waals surface area contributed by atoms with Gasteiger partial charge in [0.2, 0.25) is 5.91 Å². The predicted octanol–water partition coefficient (Wildman–Crippen LogP) is 9.73. The van der Waals surface area contributed by atoms with Crippen LogP contribution < -0.4 is 9.64 Å². The van der Waals surface area contributed by atoms with Crippen LogP contribution in [-0.4, -0.2) is 29.8 Å². The maximum absolute atomic E-state index is 12.6. The zero-order chi connectivity index (χ0) is 28.4. The molecule has 5 heteroatoms. The van der Waals surface area contributed by atoms with Gasteiger partial charge >= 0.3 is 0 Å². The zero-order valence-corrected chi connectivity index (χ0v) is 26.2. The van der Waals surface area contributed by atoms with Gasteiger partial charge in [-0.15, -0.1) is 11.8 Å². The molecule has 0 spiro atoms. The van der Waals surface area contributed by atoms with Crippen LogP contribution in [0.5, 0.6) is 5.75 Å². The van der Waals surface area contributed by atoms with Gasteiger partial charge in [0.15, 0.2) is 0 Å². The quantitative estimate of drug-likeness (QED) is 0.150. The molecule has 1 aliphatic heterocycles. The number of thioether (sulfide) groups is 1. The summed E-state index contributed by atoms with van der Waals surface area (Å²) in [6.45, 7) is 8.36. The van der Waals surface area contributed by atoms with E-state index in [9.17, 15) is 4.79 Å². The van der Waals surface area contributed by atoms with Gasteiger partial charge in [-0.3, -0.25) is 4.79 Å². The predicted molar refractivity (Wildman–Crippen MR) is 173 cm³/mol. The number of anilines is 1. The molecular formula is C35H52N2O2S. The molecule has 0 aromatic heterocycles. The van der Waals surface area contributed by atoms with Crippen LogP contribution in [0, 0.1) is 0 Å². The third-order valence-electron chi connectivity index (χ3n) is 7.67. The lowest BCUT2D eigenvalue weighted by Crippen LogP contribution is -2.32. The van der Waals surface area contributed by atoms with Crippen molar-refractivity contribution in [1.29, 1.82) is 0 Å². The zero-order valence-electron chi connectivity index (χ0n) is 25.3. The number of amides is 1. The van der Waals surface area contributed by atoms with Crippen LogP contribution in [0.1, 0.15) is 109 Å². The molecule has 0 saturated carbocycles. The first-order valence-corrected chi connectivity index (χ1v) is 16.7. The summed E-state index contributed by atoms with van der Waals surface area (Å²) in [6, 6.07) is 16.7. The lowest BCUT2D eigenvalue weighted by molar-refractivity contribution is -0.116. The second-order valence-electron chi connectivity index (χ2n) is 11.2. The minimum absolute atomic E-state index is 0.0809. The molecule has 220 valence electrons. The summed E-state index contributed by atoms with van der Waals surface area (Å²) < 4.78 is 6.00. The number of allylic oxidation sites excluding steroid dienone is 1. The average Bonchev–Trinajstić information content (AvgIpc) is 3.37. The molecule has 2 aromatic rings. The maximum atomic E-state index is 12.6. The van der Waals surface area contributed by atoms with Gasteiger partial charge in [0, 0.05) is 31.9 Å². The van der Waals surface area contributed by atoms with Crippen LogP contribution in [0.25, 0.3) is 0 Å². The minimum Gasteiger partial charge on any atom is -0.494 e. The Bertz CT molecular complexity index is 1020. The average molecular weight is 565 g/mol. The van der Waals surface area contributed by atoms with E-state index >= 15 is 0 Å². The summed E-state index contributed by atoms with van der Waals surface area (Å²) in [5, 5.41) is 0. The molecule has 0 atom stereocenters. The van der Waals surface area contributed by atoms with Gasteiger partial charge in [-0.2, -0.15) is 0 Å². The fourth-order valence-electron chi connectivity index (χ4n) is 5.31. The molecular weight excluding hydrogens is 512 g/mol. The Morgan fingerprint density at radius 2 is 1.50 bits per heavy atom. The molecule has 0 radical (unpaired) electrons. The van der Waals surface area contributed by atoms with E-state index in [1.54, 1.807) is 6.92 Å². The van der Waals surface area contributed by atoms with Gasteiger partial charge in [0.25, 0.3) is 0 Å². The molecule has 0 saturated heterocycles. The fraction of sp³-hybridized carbons (Fsp3) is 0.571. The Morgan fingerprint density at radius 3 is 2.10 bits per heavy atom. The van der Waals surface area contributed by atoms with E-state index in [1.807, 2.05) is 22.7 Å².